The van der Waals surface area contributed by atoms with Crippen molar-refractivity contribution in [2.45, 2.75) is 13.1 Å². The summed E-state index contributed by atoms with van der Waals surface area (Å²) in [6, 6.07) is 8.88. The fourth-order valence-electron chi connectivity index (χ4n) is 2.30. The highest BCUT2D eigenvalue weighted by atomic mass is 16.4. The van der Waals surface area contributed by atoms with Crippen molar-refractivity contribution in [2.24, 2.45) is 0 Å². The van der Waals surface area contributed by atoms with Gasteiger partial charge in [-0.15, -0.1) is 0 Å². The number of aliphatic carboxylic acids is 1. The minimum absolute atomic E-state index is 0. The summed E-state index contributed by atoms with van der Waals surface area (Å²) >= 11 is 0. The second-order valence-electron chi connectivity index (χ2n) is 5.29. The fraction of sp³-hybridized carbons (Fsp3) is 0.188. The van der Waals surface area contributed by atoms with E-state index in [2.05, 4.69) is 9.97 Å². The number of nitrogens with one attached hydrogen (secondary N) is 1. The summed E-state index contributed by atoms with van der Waals surface area (Å²) in [5.74, 6) is -3.66. The van der Waals surface area contributed by atoms with E-state index in [0.717, 1.165) is 0 Å². The lowest BCUT2D eigenvalue weighted by Crippen LogP contribution is -3.10. The Kier molecular flexibility index (Phi) is 7.32. The monoisotopic (exact) mass is 363 g/mol. The summed E-state index contributed by atoms with van der Waals surface area (Å²) in [7, 11) is 0. The second kappa shape index (κ2) is 9.20. The molecular weight excluding hydrogens is 346 g/mol. The zero-order valence-corrected chi connectivity index (χ0v) is 13.5. The topological polar surface area (TPSA) is 176 Å². The van der Waals surface area contributed by atoms with Crippen LogP contribution in [0.4, 0.5) is 0 Å². The van der Waals surface area contributed by atoms with E-state index < -0.39 is 17.9 Å². The Balaban J connectivity index is 0.00000338. The molecule has 26 heavy (non-hydrogen) atoms. The average Bonchev–Trinajstić information content (AvgIpc) is 2.54. The van der Waals surface area contributed by atoms with Gasteiger partial charge in [0, 0.05) is 0 Å². The number of carboxylic acid groups (broad SMARTS) is 3. The van der Waals surface area contributed by atoms with Crippen LogP contribution in [0, 0.1) is 0 Å². The van der Waals surface area contributed by atoms with Gasteiger partial charge in [0.1, 0.15) is 31.0 Å². The van der Waals surface area contributed by atoms with Crippen LogP contribution in [0.15, 0.2) is 36.4 Å². The molecule has 2 aromatic heterocycles. The number of rotatable bonds is 8. The predicted octanol–water partition coefficient (Wildman–Crippen LogP) is -2.62. The standard InChI is InChI=1S/C16H15N3O6.H2O/c20-14(21)9-19(7-10-3-1-5-12(17-10)15(22)23)8-11-4-2-6-13(18-11)16(24)25;/h1-6H,7-9H2,(H,20,21)(H,22,23)(H,24,25);1H2. The number of nitrogens with zero attached hydrogens (tertiary/aromatic N) is 2. The van der Waals surface area contributed by atoms with Crippen LogP contribution in [0.3, 0.4) is 0 Å². The molecule has 0 atom stereocenters. The molecule has 10 nitrogen and oxygen atoms in total. The third-order valence-electron chi connectivity index (χ3n) is 3.31. The van der Waals surface area contributed by atoms with Crippen molar-refractivity contribution in [3.8, 4) is 0 Å². The molecule has 0 spiro atoms. The zero-order chi connectivity index (χ0) is 18.4. The second-order valence-corrected chi connectivity index (χ2v) is 5.29. The fourth-order valence-corrected chi connectivity index (χ4v) is 2.30. The molecule has 0 aliphatic rings. The van der Waals surface area contributed by atoms with Crippen molar-refractivity contribution < 1.29 is 40.1 Å². The quantitative estimate of drug-likeness (QED) is 0.456. The largest absolute Gasteiger partial charge is 0.544 e. The Hall–Kier alpha value is -3.37. The molecule has 0 bridgehead atoms. The minimum atomic E-state index is -1.29. The van der Waals surface area contributed by atoms with E-state index in [1.54, 1.807) is 12.1 Å². The van der Waals surface area contributed by atoms with Gasteiger partial charge >= 0.3 is 11.9 Å². The molecule has 138 valence electrons. The SMILES string of the molecule is O.O=C([O-])C[NH+](Cc1cccc(C(=O)O)n1)Cc1cccc(C(=O)O)n1. The molecular formula is C16H17N3O7. The summed E-state index contributed by atoms with van der Waals surface area (Å²) in [4.78, 5) is 41.3. The number of carbonyl (C=O) groups excluding carboxylic acids is 1. The molecule has 0 aliphatic carbocycles. The number of hydrogen-bond donors (Lipinski definition) is 3. The molecule has 0 unspecified atom stereocenters. The lowest BCUT2D eigenvalue weighted by atomic mass is 10.2. The van der Waals surface area contributed by atoms with Gasteiger partial charge < -0.3 is 30.5 Å². The first-order valence-electron chi connectivity index (χ1n) is 7.27. The summed E-state index contributed by atoms with van der Waals surface area (Å²) in [5.41, 5.74) is 0.503. The van der Waals surface area contributed by atoms with Crippen molar-refractivity contribution in [3.63, 3.8) is 0 Å². The van der Waals surface area contributed by atoms with Crippen molar-refractivity contribution in [3.05, 3.63) is 59.2 Å². The third-order valence-corrected chi connectivity index (χ3v) is 3.31. The van der Waals surface area contributed by atoms with Crippen LogP contribution in [-0.2, 0) is 17.9 Å². The zero-order valence-electron chi connectivity index (χ0n) is 13.5. The third kappa shape index (κ3) is 5.92. The number of aromatic nitrogens is 2. The van der Waals surface area contributed by atoms with Crippen LogP contribution in [0.2, 0.25) is 0 Å². The van der Waals surface area contributed by atoms with Crippen molar-refractivity contribution in [1.82, 2.24) is 9.97 Å². The van der Waals surface area contributed by atoms with Gasteiger partial charge in [0.2, 0.25) is 0 Å². The summed E-state index contributed by atoms with van der Waals surface area (Å²) in [5, 5.41) is 28.9. The molecule has 0 radical (unpaired) electrons. The van der Waals surface area contributed by atoms with E-state index >= 15 is 0 Å². The van der Waals surface area contributed by atoms with E-state index in [-0.39, 0.29) is 36.5 Å². The molecule has 10 heteroatoms. The normalized spacial score (nSPS) is 10.2. The predicted molar refractivity (Wildman–Crippen MR) is 84.3 cm³/mol. The van der Waals surface area contributed by atoms with Gasteiger partial charge in [0.25, 0.3) is 0 Å². The van der Waals surface area contributed by atoms with Crippen LogP contribution in [-0.4, -0.2) is 50.1 Å². The van der Waals surface area contributed by atoms with E-state index in [4.69, 9.17) is 10.2 Å². The average molecular weight is 363 g/mol. The number of carboxylic acids is 3. The van der Waals surface area contributed by atoms with Crippen LogP contribution in [0.5, 0.6) is 0 Å². The maximum absolute atomic E-state index is 11.0. The number of hydrogen-bond acceptors (Lipinski definition) is 6. The maximum Gasteiger partial charge on any atom is 0.354 e. The van der Waals surface area contributed by atoms with Crippen molar-refractivity contribution >= 4 is 17.9 Å². The molecule has 2 rings (SSSR count). The molecule has 5 N–H and O–H groups in total. The summed E-state index contributed by atoms with van der Waals surface area (Å²) in [6.07, 6.45) is 0. The number of quaternary nitrogens is 1. The van der Waals surface area contributed by atoms with E-state index in [0.29, 0.717) is 16.3 Å². The van der Waals surface area contributed by atoms with Crippen LogP contribution < -0.4 is 10.0 Å². The van der Waals surface area contributed by atoms with Gasteiger partial charge in [0.15, 0.2) is 0 Å². The lowest BCUT2D eigenvalue weighted by Gasteiger charge is -2.19. The van der Waals surface area contributed by atoms with Crippen molar-refractivity contribution in [1.29, 1.82) is 0 Å². The molecule has 0 amide bonds. The molecule has 0 saturated carbocycles. The molecule has 2 heterocycles. The van der Waals surface area contributed by atoms with Gasteiger partial charge in [-0.3, -0.25) is 0 Å². The van der Waals surface area contributed by atoms with Crippen LogP contribution in [0.1, 0.15) is 32.4 Å². The molecule has 2 aromatic rings. The molecule has 0 fully saturated rings. The van der Waals surface area contributed by atoms with Gasteiger partial charge in [-0.2, -0.15) is 0 Å². The number of carbonyl (C=O) groups is 3. The minimum Gasteiger partial charge on any atom is -0.544 e. The lowest BCUT2D eigenvalue weighted by molar-refractivity contribution is -0.922. The highest BCUT2D eigenvalue weighted by Gasteiger charge is 2.16. The smallest absolute Gasteiger partial charge is 0.354 e. The van der Waals surface area contributed by atoms with E-state index in [1.165, 1.54) is 24.3 Å². The Morgan fingerprint density at radius 1 is 0.885 bits per heavy atom. The van der Waals surface area contributed by atoms with Crippen LogP contribution >= 0.6 is 0 Å². The Labute approximate surface area is 147 Å². The van der Waals surface area contributed by atoms with Gasteiger partial charge in [0.05, 0.1) is 17.4 Å². The highest BCUT2D eigenvalue weighted by Crippen LogP contribution is 2.00. The van der Waals surface area contributed by atoms with E-state index in [1.807, 2.05) is 0 Å². The molecule has 0 aromatic carbocycles. The summed E-state index contributed by atoms with van der Waals surface area (Å²) in [6.45, 7) is -0.125. The Morgan fingerprint density at radius 3 is 1.65 bits per heavy atom. The molecule has 0 saturated heterocycles. The van der Waals surface area contributed by atoms with Crippen LogP contribution in [0.25, 0.3) is 0 Å². The van der Waals surface area contributed by atoms with E-state index in [9.17, 15) is 19.5 Å². The first-order chi connectivity index (χ1) is 11.8. The first-order valence-corrected chi connectivity index (χ1v) is 7.27. The summed E-state index contributed by atoms with van der Waals surface area (Å²) < 4.78 is 0. The maximum atomic E-state index is 11.0. The number of pyridine rings is 2. The number of aromatic carboxylic acids is 2. The Bertz CT molecular complexity index is 750. The van der Waals surface area contributed by atoms with Gasteiger partial charge in [-0.1, -0.05) is 12.1 Å². The first kappa shape index (κ1) is 20.7. The highest BCUT2D eigenvalue weighted by molar-refractivity contribution is 5.85. The molecule has 0 aliphatic heterocycles. The van der Waals surface area contributed by atoms with Gasteiger partial charge in [-0.05, 0) is 24.3 Å². The van der Waals surface area contributed by atoms with Gasteiger partial charge in [-0.25, -0.2) is 19.6 Å². The Morgan fingerprint density at radius 2 is 1.31 bits per heavy atom. The van der Waals surface area contributed by atoms with Crippen molar-refractivity contribution in [2.75, 3.05) is 6.54 Å².